The van der Waals surface area contributed by atoms with Crippen LogP contribution in [-0.2, 0) is 5.88 Å². The van der Waals surface area contributed by atoms with Crippen LogP contribution < -0.4 is 4.74 Å². The SMILES string of the molecule is Fc1cc(CCl)ccc1Oc1ccccc1. The fraction of sp³-hybridized carbons (Fsp3) is 0.0769. The van der Waals surface area contributed by atoms with E-state index >= 15 is 0 Å². The Morgan fingerprint density at radius 1 is 1.06 bits per heavy atom. The van der Waals surface area contributed by atoms with Crippen LogP contribution in [0.4, 0.5) is 4.39 Å². The molecule has 0 bridgehead atoms. The second-order valence-corrected chi connectivity index (χ2v) is 3.58. The van der Waals surface area contributed by atoms with Crippen molar-refractivity contribution in [2.24, 2.45) is 0 Å². The maximum atomic E-state index is 13.5. The van der Waals surface area contributed by atoms with Crippen molar-refractivity contribution in [2.45, 2.75) is 5.88 Å². The van der Waals surface area contributed by atoms with Crippen LogP contribution in [0.25, 0.3) is 0 Å². The fourth-order valence-corrected chi connectivity index (χ4v) is 1.49. The number of alkyl halides is 1. The van der Waals surface area contributed by atoms with Crippen molar-refractivity contribution in [1.29, 1.82) is 0 Å². The Bertz CT molecular complexity index is 471. The van der Waals surface area contributed by atoms with Gasteiger partial charge >= 0.3 is 0 Å². The van der Waals surface area contributed by atoms with Gasteiger partial charge < -0.3 is 4.74 Å². The van der Waals surface area contributed by atoms with Gasteiger partial charge in [-0.15, -0.1) is 11.6 Å². The van der Waals surface area contributed by atoms with Gasteiger partial charge in [0.2, 0.25) is 0 Å². The molecule has 0 heterocycles. The van der Waals surface area contributed by atoms with E-state index in [9.17, 15) is 4.39 Å². The van der Waals surface area contributed by atoms with Crippen molar-refractivity contribution in [2.75, 3.05) is 0 Å². The van der Waals surface area contributed by atoms with Gasteiger partial charge in [0, 0.05) is 5.88 Å². The zero-order valence-corrected chi connectivity index (χ0v) is 9.25. The van der Waals surface area contributed by atoms with E-state index in [1.165, 1.54) is 6.07 Å². The van der Waals surface area contributed by atoms with Gasteiger partial charge in [-0.25, -0.2) is 4.39 Å². The molecule has 0 atom stereocenters. The van der Waals surface area contributed by atoms with E-state index in [-0.39, 0.29) is 5.75 Å². The largest absolute Gasteiger partial charge is 0.454 e. The highest BCUT2D eigenvalue weighted by Gasteiger charge is 2.05. The molecule has 0 spiro atoms. The summed E-state index contributed by atoms with van der Waals surface area (Å²) in [5.41, 5.74) is 0.736. The highest BCUT2D eigenvalue weighted by molar-refractivity contribution is 6.17. The molecule has 0 saturated heterocycles. The fourth-order valence-electron chi connectivity index (χ4n) is 1.33. The smallest absolute Gasteiger partial charge is 0.166 e. The van der Waals surface area contributed by atoms with Gasteiger partial charge in [-0.3, -0.25) is 0 Å². The molecule has 2 aromatic carbocycles. The maximum absolute atomic E-state index is 13.5. The minimum Gasteiger partial charge on any atom is -0.454 e. The van der Waals surface area contributed by atoms with Gasteiger partial charge in [0.1, 0.15) is 5.75 Å². The Morgan fingerprint density at radius 2 is 1.81 bits per heavy atom. The molecule has 0 aliphatic rings. The van der Waals surface area contributed by atoms with Crippen LogP contribution in [0.2, 0.25) is 0 Å². The number of ether oxygens (including phenoxy) is 1. The van der Waals surface area contributed by atoms with Crippen molar-refractivity contribution in [3.05, 3.63) is 59.9 Å². The molecule has 2 aromatic rings. The van der Waals surface area contributed by atoms with Crippen molar-refractivity contribution in [3.8, 4) is 11.5 Å². The Labute approximate surface area is 98.4 Å². The first kappa shape index (κ1) is 11.0. The molecular formula is C13H10ClFO. The van der Waals surface area contributed by atoms with Gasteiger partial charge in [0.05, 0.1) is 0 Å². The van der Waals surface area contributed by atoms with Gasteiger partial charge in [-0.05, 0) is 29.8 Å². The highest BCUT2D eigenvalue weighted by Crippen LogP contribution is 2.25. The van der Waals surface area contributed by atoms with E-state index in [1.54, 1.807) is 24.3 Å². The molecule has 0 amide bonds. The monoisotopic (exact) mass is 236 g/mol. The van der Waals surface area contributed by atoms with Crippen LogP contribution in [0.15, 0.2) is 48.5 Å². The van der Waals surface area contributed by atoms with Crippen molar-refractivity contribution in [3.63, 3.8) is 0 Å². The highest BCUT2D eigenvalue weighted by atomic mass is 35.5. The standard InChI is InChI=1S/C13H10ClFO/c14-9-10-6-7-13(12(15)8-10)16-11-4-2-1-3-5-11/h1-8H,9H2. The number of hydrogen-bond acceptors (Lipinski definition) is 1. The molecule has 0 aliphatic carbocycles. The Morgan fingerprint density at radius 3 is 2.44 bits per heavy atom. The van der Waals surface area contributed by atoms with Crippen LogP contribution in [-0.4, -0.2) is 0 Å². The first-order valence-corrected chi connectivity index (χ1v) is 5.40. The molecule has 0 aromatic heterocycles. The summed E-state index contributed by atoms with van der Waals surface area (Å²) in [5, 5.41) is 0. The number of rotatable bonds is 3. The van der Waals surface area contributed by atoms with Crippen LogP contribution in [0.5, 0.6) is 11.5 Å². The second kappa shape index (κ2) is 4.99. The Hall–Kier alpha value is -1.54. The summed E-state index contributed by atoms with van der Waals surface area (Å²) >= 11 is 5.60. The molecule has 0 unspecified atom stereocenters. The third-order valence-electron chi connectivity index (χ3n) is 2.12. The molecule has 0 fully saturated rings. The maximum Gasteiger partial charge on any atom is 0.166 e. The van der Waals surface area contributed by atoms with Gasteiger partial charge in [0.15, 0.2) is 11.6 Å². The lowest BCUT2D eigenvalue weighted by Gasteiger charge is -2.07. The molecule has 2 rings (SSSR count). The summed E-state index contributed by atoms with van der Waals surface area (Å²) in [5.74, 6) is 0.713. The van der Waals surface area contributed by atoms with E-state index in [2.05, 4.69) is 0 Å². The summed E-state index contributed by atoms with van der Waals surface area (Å²) in [7, 11) is 0. The summed E-state index contributed by atoms with van der Waals surface area (Å²) in [6.07, 6.45) is 0. The number of para-hydroxylation sites is 1. The van der Waals surface area contributed by atoms with Crippen LogP contribution >= 0.6 is 11.6 Å². The lowest BCUT2D eigenvalue weighted by molar-refractivity contribution is 0.442. The second-order valence-electron chi connectivity index (χ2n) is 3.31. The van der Waals surface area contributed by atoms with Crippen molar-refractivity contribution in [1.82, 2.24) is 0 Å². The lowest BCUT2D eigenvalue weighted by Crippen LogP contribution is -1.89. The third-order valence-corrected chi connectivity index (χ3v) is 2.43. The molecule has 1 nitrogen and oxygen atoms in total. The molecule has 3 heteroatoms. The summed E-state index contributed by atoms with van der Waals surface area (Å²) in [6.45, 7) is 0. The van der Waals surface area contributed by atoms with E-state index in [0.29, 0.717) is 11.6 Å². The summed E-state index contributed by atoms with van der Waals surface area (Å²) in [6, 6.07) is 13.8. The topological polar surface area (TPSA) is 9.23 Å². The van der Waals surface area contributed by atoms with Crippen molar-refractivity contribution < 1.29 is 9.13 Å². The third kappa shape index (κ3) is 2.52. The zero-order chi connectivity index (χ0) is 11.4. The molecule has 0 radical (unpaired) electrons. The number of benzene rings is 2. The van der Waals surface area contributed by atoms with E-state index in [0.717, 1.165) is 5.56 Å². The predicted molar refractivity (Wildman–Crippen MR) is 62.5 cm³/mol. The summed E-state index contributed by atoms with van der Waals surface area (Å²) in [4.78, 5) is 0. The van der Waals surface area contributed by atoms with Gasteiger partial charge in [-0.1, -0.05) is 24.3 Å². The van der Waals surface area contributed by atoms with E-state index in [4.69, 9.17) is 16.3 Å². The normalized spacial score (nSPS) is 10.1. The Balaban J connectivity index is 2.22. The number of hydrogen-bond donors (Lipinski definition) is 0. The zero-order valence-electron chi connectivity index (χ0n) is 8.49. The van der Waals surface area contributed by atoms with Crippen LogP contribution in [0.3, 0.4) is 0 Å². The van der Waals surface area contributed by atoms with Crippen LogP contribution in [0.1, 0.15) is 5.56 Å². The van der Waals surface area contributed by atoms with Gasteiger partial charge in [0.25, 0.3) is 0 Å². The average Bonchev–Trinajstić information content (AvgIpc) is 2.33. The number of halogens is 2. The van der Waals surface area contributed by atoms with Gasteiger partial charge in [-0.2, -0.15) is 0 Å². The predicted octanol–water partition coefficient (Wildman–Crippen LogP) is 4.36. The first-order chi connectivity index (χ1) is 7.79. The molecule has 0 aliphatic heterocycles. The Kier molecular flexibility index (Phi) is 3.42. The molecular weight excluding hydrogens is 227 g/mol. The average molecular weight is 237 g/mol. The summed E-state index contributed by atoms with van der Waals surface area (Å²) < 4.78 is 18.9. The van der Waals surface area contributed by atoms with E-state index in [1.807, 2.05) is 18.2 Å². The molecule has 82 valence electrons. The minimum absolute atomic E-state index is 0.208. The van der Waals surface area contributed by atoms with Crippen LogP contribution in [0, 0.1) is 5.82 Å². The first-order valence-electron chi connectivity index (χ1n) is 4.87. The quantitative estimate of drug-likeness (QED) is 0.720. The molecule has 16 heavy (non-hydrogen) atoms. The molecule has 0 N–H and O–H groups in total. The lowest BCUT2D eigenvalue weighted by atomic mass is 10.2. The minimum atomic E-state index is -0.401. The van der Waals surface area contributed by atoms with Crippen molar-refractivity contribution >= 4 is 11.6 Å². The van der Waals surface area contributed by atoms with E-state index < -0.39 is 5.82 Å². The molecule has 0 saturated carbocycles.